The van der Waals surface area contributed by atoms with Crippen LogP contribution in [0.5, 0.6) is 0 Å². The topological polar surface area (TPSA) is 84.5 Å². The number of hydrogen-bond acceptors (Lipinski definition) is 5. The zero-order valence-electron chi connectivity index (χ0n) is 12.1. The molecule has 0 saturated carbocycles. The van der Waals surface area contributed by atoms with Gasteiger partial charge in [-0.05, 0) is 19.8 Å². The number of carbonyl (C=O) groups is 1. The van der Waals surface area contributed by atoms with Crippen LogP contribution in [0.3, 0.4) is 0 Å². The predicted molar refractivity (Wildman–Crippen MR) is 73.6 cm³/mol. The van der Waals surface area contributed by atoms with E-state index in [0.717, 1.165) is 19.4 Å². The second-order valence-corrected chi connectivity index (χ2v) is 5.48. The molecule has 2 aliphatic heterocycles. The van der Waals surface area contributed by atoms with Gasteiger partial charge in [0, 0.05) is 6.61 Å². The quantitative estimate of drug-likeness (QED) is 0.852. The Hall–Kier alpha value is -1.73. The van der Waals surface area contributed by atoms with Crippen LogP contribution in [-0.2, 0) is 27.4 Å². The van der Waals surface area contributed by atoms with E-state index in [1.165, 1.54) is 0 Å². The lowest BCUT2D eigenvalue weighted by atomic mass is 10.2. The summed E-state index contributed by atoms with van der Waals surface area (Å²) in [5.74, 6) is 0.450. The fourth-order valence-corrected chi connectivity index (χ4v) is 2.71. The summed E-state index contributed by atoms with van der Waals surface area (Å²) >= 11 is 0. The van der Waals surface area contributed by atoms with E-state index in [1.54, 1.807) is 11.8 Å². The molecule has 7 nitrogen and oxygen atoms in total. The Labute approximate surface area is 122 Å². The van der Waals surface area contributed by atoms with Crippen molar-refractivity contribution in [1.29, 1.82) is 0 Å². The molecule has 0 aromatic carbocycles. The number of nitrogens with one attached hydrogen (secondary N) is 1. The maximum absolute atomic E-state index is 12.1. The number of nitrogens with zero attached hydrogens (tertiary/aromatic N) is 2. The zero-order chi connectivity index (χ0) is 14.8. The third-order valence-corrected chi connectivity index (χ3v) is 3.82. The molecule has 3 heterocycles. The molecule has 1 N–H and O–H groups in total. The molecule has 3 rings (SSSR count). The van der Waals surface area contributed by atoms with E-state index >= 15 is 0 Å². The maximum atomic E-state index is 12.1. The average molecular weight is 293 g/mol. The fourth-order valence-electron chi connectivity index (χ4n) is 2.71. The minimum Gasteiger partial charge on any atom is -0.376 e. The zero-order valence-corrected chi connectivity index (χ0v) is 12.1. The summed E-state index contributed by atoms with van der Waals surface area (Å²) in [5, 5.41) is 0. The molecule has 1 saturated heterocycles. The van der Waals surface area contributed by atoms with Gasteiger partial charge in [-0.15, -0.1) is 0 Å². The highest BCUT2D eigenvalue weighted by molar-refractivity contribution is 5.78. The third-order valence-electron chi connectivity index (χ3n) is 3.82. The summed E-state index contributed by atoms with van der Waals surface area (Å²) in [6.07, 6.45) is 2.15. The fraction of sp³-hybridized carbons (Fsp3) is 0.643. The number of H-pyrrole nitrogens is 1. The van der Waals surface area contributed by atoms with Crippen molar-refractivity contribution in [2.24, 2.45) is 0 Å². The van der Waals surface area contributed by atoms with Gasteiger partial charge in [0.25, 0.3) is 5.56 Å². The normalized spacial score (nSPS) is 20.8. The second kappa shape index (κ2) is 5.95. The first-order valence-electron chi connectivity index (χ1n) is 7.19. The molecule has 114 valence electrons. The number of amides is 1. The minimum absolute atomic E-state index is 0.0186. The number of ether oxygens (including phenoxy) is 2. The van der Waals surface area contributed by atoms with Gasteiger partial charge < -0.3 is 19.4 Å². The third kappa shape index (κ3) is 3.14. The largest absolute Gasteiger partial charge is 0.376 e. The van der Waals surface area contributed by atoms with Crippen LogP contribution in [0.1, 0.15) is 29.9 Å². The lowest BCUT2D eigenvalue weighted by Crippen LogP contribution is -2.31. The van der Waals surface area contributed by atoms with Crippen molar-refractivity contribution in [3.8, 4) is 0 Å². The molecule has 1 amide bonds. The van der Waals surface area contributed by atoms with Crippen molar-refractivity contribution in [3.05, 3.63) is 27.4 Å². The molecular weight excluding hydrogens is 274 g/mol. The molecular formula is C14H19N3O4. The Balaban J connectivity index is 1.53. The molecule has 1 aromatic heterocycles. The van der Waals surface area contributed by atoms with Crippen molar-refractivity contribution in [2.45, 2.75) is 39.0 Å². The first-order chi connectivity index (χ1) is 10.1. The van der Waals surface area contributed by atoms with Crippen molar-refractivity contribution < 1.29 is 14.3 Å². The van der Waals surface area contributed by atoms with Gasteiger partial charge in [0.2, 0.25) is 5.91 Å². The van der Waals surface area contributed by atoms with Gasteiger partial charge in [-0.1, -0.05) is 0 Å². The lowest BCUT2D eigenvalue weighted by Gasteiger charge is -2.16. The van der Waals surface area contributed by atoms with Crippen LogP contribution < -0.4 is 5.56 Å². The summed E-state index contributed by atoms with van der Waals surface area (Å²) in [5.41, 5.74) is 1.10. The van der Waals surface area contributed by atoms with Crippen LogP contribution in [0.4, 0.5) is 0 Å². The van der Waals surface area contributed by atoms with Crippen molar-refractivity contribution in [3.63, 3.8) is 0 Å². The van der Waals surface area contributed by atoms with E-state index in [0.29, 0.717) is 36.8 Å². The van der Waals surface area contributed by atoms with Crippen molar-refractivity contribution in [1.82, 2.24) is 14.9 Å². The molecule has 1 atom stereocenters. The van der Waals surface area contributed by atoms with Gasteiger partial charge in [0.15, 0.2) is 0 Å². The molecule has 1 fully saturated rings. The van der Waals surface area contributed by atoms with E-state index in [4.69, 9.17) is 9.47 Å². The van der Waals surface area contributed by atoms with Gasteiger partial charge in [0.05, 0.1) is 37.1 Å². The first-order valence-corrected chi connectivity index (χ1v) is 7.19. The molecule has 21 heavy (non-hydrogen) atoms. The number of rotatable bonds is 4. The number of aromatic nitrogens is 2. The molecule has 7 heteroatoms. The van der Waals surface area contributed by atoms with Gasteiger partial charge in [0.1, 0.15) is 12.4 Å². The van der Waals surface area contributed by atoms with E-state index in [9.17, 15) is 9.59 Å². The standard InChI is InChI=1S/C14H19N3O4/c1-9-15-12-6-17(5-11(12)14(19)16-9)13(18)8-20-7-10-3-2-4-21-10/h10H,2-8H2,1H3,(H,15,16,19). The lowest BCUT2D eigenvalue weighted by molar-refractivity contribution is -0.137. The molecule has 0 radical (unpaired) electrons. The van der Waals surface area contributed by atoms with Gasteiger partial charge >= 0.3 is 0 Å². The number of aryl methyl sites for hydroxylation is 1. The van der Waals surface area contributed by atoms with Gasteiger partial charge in [-0.25, -0.2) is 4.98 Å². The van der Waals surface area contributed by atoms with Gasteiger partial charge in [-0.2, -0.15) is 0 Å². The number of carbonyl (C=O) groups excluding carboxylic acids is 1. The summed E-state index contributed by atoms with van der Waals surface area (Å²) < 4.78 is 10.9. The number of fused-ring (bicyclic) bond motifs is 1. The summed E-state index contributed by atoms with van der Waals surface area (Å²) in [4.78, 5) is 32.4. The smallest absolute Gasteiger partial charge is 0.256 e. The van der Waals surface area contributed by atoms with Crippen LogP contribution >= 0.6 is 0 Å². The molecule has 0 spiro atoms. The van der Waals surface area contributed by atoms with Crippen LogP contribution in [0.15, 0.2) is 4.79 Å². The molecule has 1 aromatic rings. The monoisotopic (exact) mass is 293 g/mol. The minimum atomic E-state index is -0.159. The Morgan fingerprint density at radius 2 is 2.38 bits per heavy atom. The molecule has 2 aliphatic rings. The number of hydrogen-bond donors (Lipinski definition) is 1. The Kier molecular flexibility index (Phi) is 4.03. The average Bonchev–Trinajstić information content (AvgIpc) is 3.07. The van der Waals surface area contributed by atoms with Crippen LogP contribution in [0.25, 0.3) is 0 Å². The highest BCUT2D eigenvalue weighted by Gasteiger charge is 2.27. The molecule has 0 aliphatic carbocycles. The van der Waals surface area contributed by atoms with Crippen LogP contribution in [0.2, 0.25) is 0 Å². The van der Waals surface area contributed by atoms with Crippen molar-refractivity contribution >= 4 is 5.91 Å². The van der Waals surface area contributed by atoms with E-state index < -0.39 is 0 Å². The Morgan fingerprint density at radius 3 is 3.14 bits per heavy atom. The predicted octanol–water partition coefficient (Wildman–Crippen LogP) is 0.116. The molecule has 0 bridgehead atoms. The first kappa shape index (κ1) is 14.2. The Morgan fingerprint density at radius 1 is 1.52 bits per heavy atom. The maximum Gasteiger partial charge on any atom is 0.256 e. The van der Waals surface area contributed by atoms with Crippen LogP contribution in [-0.4, -0.2) is 46.7 Å². The second-order valence-electron chi connectivity index (χ2n) is 5.48. The van der Waals surface area contributed by atoms with E-state index in [2.05, 4.69) is 9.97 Å². The Bertz CT molecular complexity index is 592. The highest BCUT2D eigenvalue weighted by atomic mass is 16.5. The van der Waals surface area contributed by atoms with E-state index in [-0.39, 0.29) is 24.2 Å². The van der Waals surface area contributed by atoms with Gasteiger partial charge in [-0.3, -0.25) is 9.59 Å². The summed E-state index contributed by atoms with van der Waals surface area (Å²) in [6, 6.07) is 0. The van der Waals surface area contributed by atoms with Crippen molar-refractivity contribution in [2.75, 3.05) is 19.8 Å². The van der Waals surface area contributed by atoms with E-state index in [1.807, 2.05) is 0 Å². The summed E-state index contributed by atoms with van der Waals surface area (Å²) in [6.45, 7) is 3.66. The molecule has 1 unspecified atom stereocenters. The number of aromatic amines is 1. The summed E-state index contributed by atoms with van der Waals surface area (Å²) in [7, 11) is 0. The SMILES string of the molecule is Cc1nc2c(c(=O)[nH]1)CN(C(=O)COCC1CCCO1)C2. The highest BCUT2D eigenvalue weighted by Crippen LogP contribution is 2.18. The van der Waals surface area contributed by atoms with Crippen LogP contribution in [0, 0.1) is 6.92 Å².